The van der Waals surface area contributed by atoms with Crippen LogP contribution in [0.2, 0.25) is 0 Å². The summed E-state index contributed by atoms with van der Waals surface area (Å²) in [5.74, 6) is 1.81. The quantitative estimate of drug-likeness (QED) is 0.847. The molecule has 0 bridgehead atoms. The van der Waals surface area contributed by atoms with E-state index >= 15 is 0 Å². The number of rotatable bonds is 3. The van der Waals surface area contributed by atoms with Crippen LogP contribution < -0.4 is 5.32 Å². The highest BCUT2D eigenvalue weighted by Gasteiger charge is 2.28. The Kier molecular flexibility index (Phi) is 4.50. The van der Waals surface area contributed by atoms with Crippen LogP contribution in [-0.4, -0.2) is 65.1 Å². The summed E-state index contributed by atoms with van der Waals surface area (Å²) in [7, 11) is 0. The molecule has 1 N–H and O–H groups in total. The van der Waals surface area contributed by atoms with Crippen LogP contribution in [0, 0.1) is 12.8 Å². The van der Waals surface area contributed by atoms with Gasteiger partial charge in [-0.25, -0.2) is 0 Å². The summed E-state index contributed by atoms with van der Waals surface area (Å²) in [6.45, 7) is 7.72. The summed E-state index contributed by atoms with van der Waals surface area (Å²) in [5, 5.41) is 7.23. The predicted octanol–water partition coefficient (Wildman–Crippen LogP) is 0.0218. The second-order valence-corrected chi connectivity index (χ2v) is 5.87. The first kappa shape index (κ1) is 14.5. The summed E-state index contributed by atoms with van der Waals surface area (Å²) in [6.07, 6.45) is 2.13. The first-order chi connectivity index (χ1) is 10.2. The van der Waals surface area contributed by atoms with Crippen LogP contribution in [-0.2, 0) is 11.3 Å². The van der Waals surface area contributed by atoms with Crippen molar-refractivity contribution >= 4 is 5.91 Å². The van der Waals surface area contributed by atoms with Gasteiger partial charge in [-0.2, -0.15) is 4.98 Å². The highest BCUT2D eigenvalue weighted by atomic mass is 16.5. The second kappa shape index (κ2) is 6.53. The second-order valence-electron chi connectivity index (χ2n) is 5.87. The molecule has 7 heteroatoms. The van der Waals surface area contributed by atoms with Crippen LogP contribution in [0.5, 0.6) is 0 Å². The molecule has 0 saturated carbocycles. The van der Waals surface area contributed by atoms with Crippen molar-refractivity contribution in [2.75, 3.05) is 39.3 Å². The molecule has 1 aromatic heterocycles. The molecule has 3 heterocycles. The lowest BCUT2D eigenvalue weighted by molar-refractivity contribution is -0.137. The number of amides is 1. The Morgan fingerprint density at radius 3 is 2.81 bits per heavy atom. The summed E-state index contributed by atoms with van der Waals surface area (Å²) in [4.78, 5) is 21.0. The lowest BCUT2D eigenvalue weighted by Crippen LogP contribution is -2.51. The minimum absolute atomic E-state index is 0.171. The number of hydrogen-bond donors (Lipinski definition) is 1. The Hall–Kier alpha value is -1.47. The fourth-order valence-corrected chi connectivity index (χ4v) is 3.05. The maximum atomic E-state index is 12.4. The van der Waals surface area contributed by atoms with Crippen molar-refractivity contribution in [2.24, 2.45) is 5.92 Å². The molecule has 2 aliphatic heterocycles. The van der Waals surface area contributed by atoms with Crippen LogP contribution in [0.3, 0.4) is 0 Å². The number of piperidine rings is 1. The molecule has 0 radical (unpaired) electrons. The summed E-state index contributed by atoms with van der Waals surface area (Å²) in [5.41, 5.74) is 0. The van der Waals surface area contributed by atoms with Crippen molar-refractivity contribution in [1.82, 2.24) is 25.3 Å². The number of nitrogens with zero attached hydrogens (tertiary/aromatic N) is 4. The molecule has 2 saturated heterocycles. The average molecular weight is 293 g/mol. The van der Waals surface area contributed by atoms with E-state index in [2.05, 4.69) is 20.4 Å². The van der Waals surface area contributed by atoms with E-state index in [9.17, 15) is 4.79 Å². The Labute approximate surface area is 124 Å². The van der Waals surface area contributed by atoms with Gasteiger partial charge in [-0.3, -0.25) is 9.69 Å². The van der Waals surface area contributed by atoms with E-state index in [0.717, 1.165) is 57.9 Å². The molecule has 0 aromatic carbocycles. The van der Waals surface area contributed by atoms with Crippen LogP contribution in [0.4, 0.5) is 0 Å². The molecular formula is C14H23N5O2. The molecule has 0 aliphatic carbocycles. The standard InChI is InChI=1S/C14H23N5O2/c1-11-16-13(17-21-11)10-18-5-7-19(8-6-18)14(20)12-3-2-4-15-9-12/h12,15H,2-10H2,1H3. The van der Waals surface area contributed by atoms with Gasteiger partial charge in [0, 0.05) is 39.6 Å². The van der Waals surface area contributed by atoms with E-state index in [1.807, 2.05) is 4.90 Å². The smallest absolute Gasteiger partial charge is 0.227 e. The van der Waals surface area contributed by atoms with Gasteiger partial charge in [-0.1, -0.05) is 5.16 Å². The highest BCUT2D eigenvalue weighted by Crippen LogP contribution is 2.15. The summed E-state index contributed by atoms with van der Waals surface area (Å²) < 4.78 is 4.99. The first-order valence-electron chi connectivity index (χ1n) is 7.73. The molecule has 3 rings (SSSR count). The Balaban J connectivity index is 1.47. The van der Waals surface area contributed by atoms with E-state index in [-0.39, 0.29) is 5.92 Å². The zero-order valence-electron chi connectivity index (χ0n) is 12.5. The zero-order chi connectivity index (χ0) is 14.7. The number of hydrogen-bond acceptors (Lipinski definition) is 6. The third kappa shape index (κ3) is 3.59. The van der Waals surface area contributed by atoms with Gasteiger partial charge in [-0.05, 0) is 19.4 Å². The molecule has 2 fully saturated rings. The number of carbonyl (C=O) groups excluding carboxylic acids is 1. The maximum absolute atomic E-state index is 12.4. The molecule has 2 aliphatic rings. The Bertz CT molecular complexity index is 475. The van der Waals surface area contributed by atoms with Gasteiger partial charge in [0.2, 0.25) is 11.8 Å². The molecule has 1 unspecified atom stereocenters. The molecule has 1 atom stereocenters. The van der Waals surface area contributed by atoms with Crippen molar-refractivity contribution in [3.63, 3.8) is 0 Å². The number of nitrogens with one attached hydrogen (secondary N) is 1. The van der Waals surface area contributed by atoms with Gasteiger partial charge in [0.1, 0.15) is 0 Å². The van der Waals surface area contributed by atoms with Crippen molar-refractivity contribution < 1.29 is 9.32 Å². The number of piperazine rings is 1. The normalized spacial score (nSPS) is 24.2. The van der Waals surface area contributed by atoms with E-state index in [0.29, 0.717) is 18.3 Å². The van der Waals surface area contributed by atoms with Crippen molar-refractivity contribution in [3.8, 4) is 0 Å². The molecule has 116 valence electrons. The summed E-state index contributed by atoms with van der Waals surface area (Å²) >= 11 is 0. The average Bonchev–Trinajstić information content (AvgIpc) is 2.93. The predicted molar refractivity (Wildman–Crippen MR) is 76.5 cm³/mol. The number of aromatic nitrogens is 2. The molecule has 21 heavy (non-hydrogen) atoms. The van der Waals surface area contributed by atoms with Gasteiger partial charge in [0.05, 0.1) is 12.5 Å². The molecule has 1 amide bonds. The van der Waals surface area contributed by atoms with Gasteiger partial charge in [-0.15, -0.1) is 0 Å². The lowest BCUT2D eigenvalue weighted by Gasteiger charge is -2.36. The van der Waals surface area contributed by atoms with Gasteiger partial charge in [0.15, 0.2) is 5.82 Å². The summed E-state index contributed by atoms with van der Waals surface area (Å²) in [6, 6.07) is 0. The number of carbonyl (C=O) groups is 1. The van der Waals surface area contributed by atoms with Crippen LogP contribution in [0.25, 0.3) is 0 Å². The number of aryl methyl sites for hydroxylation is 1. The first-order valence-corrected chi connectivity index (χ1v) is 7.73. The van der Waals surface area contributed by atoms with Crippen molar-refractivity contribution in [1.29, 1.82) is 0 Å². The van der Waals surface area contributed by atoms with Crippen molar-refractivity contribution in [3.05, 3.63) is 11.7 Å². The minimum atomic E-state index is 0.171. The Morgan fingerprint density at radius 1 is 1.38 bits per heavy atom. The van der Waals surface area contributed by atoms with Crippen LogP contribution in [0.15, 0.2) is 4.52 Å². The third-order valence-corrected chi connectivity index (χ3v) is 4.26. The Morgan fingerprint density at radius 2 is 2.19 bits per heavy atom. The van der Waals surface area contributed by atoms with Crippen molar-refractivity contribution in [2.45, 2.75) is 26.3 Å². The molecule has 7 nitrogen and oxygen atoms in total. The molecular weight excluding hydrogens is 270 g/mol. The lowest BCUT2D eigenvalue weighted by atomic mass is 9.98. The van der Waals surface area contributed by atoms with Gasteiger partial charge < -0.3 is 14.7 Å². The SMILES string of the molecule is Cc1nc(CN2CCN(C(=O)C3CCCNC3)CC2)no1. The van der Waals surface area contributed by atoms with Crippen LogP contribution >= 0.6 is 0 Å². The zero-order valence-corrected chi connectivity index (χ0v) is 12.5. The monoisotopic (exact) mass is 293 g/mol. The fourth-order valence-electron chi connectivity index (χ4n) is 3.05. The van der Waals surface area contributed by atoms with E-state index < -0.39 is 0 Å². The highest BCUT2D eigenvalue weighted by molar-refractivity contribution is 5.79. The maximum Gasteiger partial charge on any atom is 0.227 e. The van der Waals surface area contributed by atoms with E-state index in [1.54, 1.807) is 6.92 Å². The largest absolute Gasteiger partial charge is 0.340 e. The fraction of sp³-hybridized carbons (Fsp3) is 0.786. The molecule has 1 aromatic rings. The van der Waals surface area contributed by atoms with Crippen LogP contribution in [0.1, 0.15) is 24.6 Å². The van der Waals surface area contributed by atoms with E-state index in [1.165, 1.54) is 0 Å². The third-order valence-electron chi connectivity index (χ3n) is 4.26. The topological polar surface area (TPSA) is 74.5 Å². The van der Waals surface area contributed by atoms with Gasteiger partial charge >= 0.3 is 0 Å². The molecule has 0 spiro atoms. The minimum Gasteiger partial charge on any atom is -0.340 e. The van der Waals surface area contributed by atoms with E-state index in [4.69, 9.17) is 4.52 Å². The van der Waals surface area contributed by atoms with Gasteiger partial charge in [0.25, 0.3) is 0 Å².